The molecule has 0 radical (unpaired) electrons. The summed E-state index contributed by atoms with van der Waals surface area (Å²) in [7, 11) is 4.11. The van der Waals surface area contributed by atoms with E-state index in [1.165, 1.54) is 0 Å². The van der Waals surface area contributed by atoms with Crippen molar-refractivity contribution in [3.63, 3.8) is 0 Å². The van der Waals surface area contributed by atoms with Crippen LogP contribution in [0, 0.1) is 11.8 Å². The molecule has 0 atom stereocenters. The van der Waals surface area contributed by atoms with Gasteiger partial charge in [0.2, 0.25) is 0 Å². The van der Waals surface area contributed by atoms with Crippen molar-refractivity contribution in [2.24, 2.45) is 0 Å². The molecule has 0 aliphatic heterocycles. The Morgan fingerprint density at radius 1 is 1.29 bits per heavy atom. The zero-order valence-corrected chi connectivity index (χ0v) is 11.1. The first-order valence-electron chi connectivity index (χ1n) is 5.65. The molecule has 0 saturated carbocycles. The molecule has 0 saturated heterocycles. The van der Waals surface area contributed by atoms with E-state index < -0.39 is 0 Å². The number of hydrogen-bond acceptors (Lipinski definition) is 2. The Balaban J connectivity index is 2.52. The van der Waals surface area contributed by atoms with Crippen LogP contribution < -0.4 is 4.74 Å². The lowest BCUT2D eigenvalue weighted by atomic mass is 10.2. The minimum absolute atomic E-state index is 0.342. The first-order chi connectivity index (χ1) is 8.24. The number of ether oxygens (including phenoxy) is 1. The number of alkyl halides is 1. The number of benzene rings is 1. The smallest absolute Gasteiger partial charge is 0.134 e. The first kappa shape index (κ1) is 13.9. The van der Waals surface area contributed by atoms with Crippen molar-refractivity contribution in [1.82, 2.24) is 4.90 Å². The van der Waals surface area contributed by atoms with Gasteiger partial charge in [-0.25, -0.2) is 0 Å². The number of para-hydroxylation sites is 1. The maximum atomic E-state index is 5.71. The predicted molar refractivity (Wildman–Crippen MR) is 72.7 cm³/mol. The molecule has 17 heavy (non-hydrogen) atoms. The summed E-state index contributed by atoms with van der Waals surface area (Å²) in [6.07, 6.45) is 1.00. The van der Waals surface area contributed by atoms with Gasteiger partial charge in [-0.15, -0.1) is 11.6 Å². The van der Waals surface area contributed by atoms with Gasteiger partial charge in [-0.3, -0.25) is 0 Å². The number of hydrogen-bond donors (Lipinski definition) is 0. The lowest BCUT2D eigenvalue weighted by Crippen LogP contribution is -2.15. The summed E-state index contributed by atoms with van der Waals surface area (Å²) in [5, 5.41) is 0. The van der Waals surface area contributed by atoms with Gasteiger partial charge < -0.3 is 9.64 Å². The average Bonchev–Trinajstić information content (AvgIpc) is 2.33. The second kappa shape index (κ2) is 8.00. The molecule has 0 spiro atoms. The fourth-order valence-corrected chi connectivity index (χ4v) is 1.45. The number of rotatable bonds is 5. The van der Waals surface area contributed by atoms with Crippen molar-refractivity contribution in [2.45, 2.75) is 6.42 Å². The van der Waals surface area contributed by atoms with Gasteiger partial charge in [0.15, 0.2) is 0 Å². The summed E-state index contributed by atoms with van der Waals surface area (Å²) >= 11 is 5.55. The quantitative estimate of drug-likeness (QED) is 0.453. The van der Waals surface area contributed by atoms with E-state index in [2.05, 4.69) is 30.8 Å². The number of halogens is 1. The third-order valence-electron chi connectivity index (χ3n) is 2.18. The minimum atomic E-state index is 0.342. The molecule has 3 heteroatoms. The van der Waals surface area contributed by atoms with Crippen LogP contribution in [-0.2, 0) is 0 Å². The maximum absolute atomic E-state index is 5.71. The van der Waals surface area contributed by atoms with Crippen LogP contribution in [0.1, 0.15) is 12.0 Å². The summed E-state index contributed by atoms with van der Waals surface area (Å²) in [6.45, 7) is 1.73. The van der Waals surface area contributed by atoms with Crippen molar-refractivity contribution in [3.8, 4) is 17.6 Å². The van der Waals surface area contributed by atoms with E-state index in [0.717, 1.165) is 24.3 Å². The first-order valence-corrected chi connectivity index (χ1v) is 6.19. The van der Waals surface area contributed by atoms with Gasteiger partial charge in [-0.1, -0.05) is 24.0 Å². The molecule has 0 unspecified atom stereocenters. The molecular weight excluding hydrogens is 234 g/mol. The van der Waals surface area contributed by atoms with E-state index >= 15 is 0 Å². The Hall–Kier alpha value is -1.17. The molecular formula is C14H18ClNO. The molecule has 1 aromatic rings. The van der Waals surface area contributed by atoms with Crippen LogP contribution in [0.3, 0.4) is 0 Å². The molecule has 0 heterocycles. The fourth-order valence-electron chi connectivity index (χ4n) is 1.39. The lowest BCUT2D eigenvalue weighted by Gasteiger charge is -2.11. The van der Waals surface area contributed by atoms with Gasteiger partial charge in [0.25, 0.3) is 0 Å². The largest absolute Gasteiger partial charge is 0.492 e. The van der Waals surface area contributed by atoms with E-state index in [9.17, 15) is 0 Å². The van der Waals surface area contributed by atoms with Crippen LogP contribution in [0.25, 0.3) is 0 Å². The van der Waals surface area contributed by atoms with Crippen LogP contribution in [0.5, 0.6) is 5.75 Å². The van der Waals surface area contributed by atoms with Crippen molar-refractivity contribution >= 4 is 11.6 Å². The SMILES string of the molecule is CN(C)CCCOc1ccccc1C#CCCl. The molecule has 0 amide bonds. The second-order valence-corrected chi connectivity index (χ2v) is 4.20. The fraction of sp³-hybridized carbons (Fsp3) is 0.429. The van der Waals surface area contributed by atoms with E-state index in [-0.39, 0.29) is 0 Å². The monoisotopic (exact) mass is 251 g/mol. The van der Waals surface area contributed by atoms with Gasteiger partial charge in [0, 0.05) is 6.54 Å². The van der Waals surface area contributed by atoms with E-state index in [1.54, 1.807) is 0 Å². The highest BCUT2D eigenvalue weighted by molar-refractivity contribution is 6.19. The molecule has 0 aromatic heterocycles. The Kier molecular flexibility index (Phi) is 6.54. The minimum Gasteiger partial charge on any atom is -0.492 e. The Morgan fingerprint density at radius 2 is 2.06 bits per heavy atom. The summed E-state index contributed by atoms with van der Waals surface area (Å²) in [5.74, 6) is 7.02. The highest BCUT2D eigenvalue weighted by Crippen LogP contribution is 2.16. The lowest BCUT2D eigenvalue weighted by molar-refractivity contribution is 0.281. The van der Waals surface area contributed by atoms with E-state index in [4.69, 9.17) is 16.3 Å². The molecule has 2 nitrogen and oxygen atoms in total. The topological polar surface area (TPSA) is 12.5 Å². The summed E-state index contributed by atoms with van der Waals surface area (Å²) in [6, 6.07) is 7.78. The molecule has 0 bridgehead atoms. The van der Waals surface area contributed by atoms with Gasteiger partial charge >= 0.3 is 0 Å². The van der Waals surface area contributed by atoms with E-state index in [1.807, 2.05) is 24.3 Å². The van der Waals surface area contributed by atoms with Gasteiger partial charge in [-0.05, 0) is 32.6 Å². The number of nitrogens with zero attached hydrogens (tertiary/aromatic N) is 1. The third-order valence-corrected chi connectivity index (χ3v) is 2.32. The van der Waals surface area contributed by atoms with Crippen molar-refractivity contribution in [2.75, 3.05) is 33.1 Å². The van der Waals surface area contributed by atoms with Crippen LogP contribution in [-0.4, -0.2) is 38.0 Å². The molecule has 1 aromatic carbocycles. The predicted octanol–water partition coefficient (Wildman–Crippen LogP) is 2.61. The van der Waals surface area contributed by atoms with Gasteiger partial charge in [-0.2, -0.15) is 0 Å². The molecule has 0 aliphatic carbocycles. The summed E-state index contributed by atoms with van der Waals surface area (Å²) < 4.78 is 5.71. The standard InChI is InChI=1S/C14H18ClNO/c1-16(2)11-6-12-17-14-9-4-3-7-13(14)8-5-10-15/h3-4,7,9H,6,10-12H2,1-2H3. The van der Waals surface area contributed by atoms with Gasteiger partial charge in [0.1, 0.15) is 5.75 Å². The van der Waals surface area contributed by atoms with E-state index in [0.29, 0.717) is 12.5 Å². The second-order valence-electron chi connectivity index (χ2n) is 3.94. The normalized spacial score (nSPS) is 9.88. The highest BCUT2D eigenvalue weighted by Gasteiger charge is 1.99. The zero-order valence-electron chi connectivity index (χ0n) is 10.4. The Morgan fingerprint density at radius 3 is 2.76 bits per heavy atom. The third kappa shape index (κ3) is 5.63. The molecule has 0 fully saturated rings. The average molecular weight is 252 g/mol. The summed E-state index contributed by atoms with van der Waals surface area (Å²) in [5.41, 5.74) is 0.901. The maximum Gasteiger partial charge on any atom is 0.134 e. The van der Waals surface area contributed by atoms with Crippen LogP contribution in [0.4, 0.5) is 0 Å². The van der Waals surface area contributed by atoms with Crippen LogP contribution in [0.15, 0.2) is 24.3 Å². The molecule has 1 rings (SSSR count). The highest BCUT2D eigenvalue weighted by atomic mass is 35.5. The zero-order chi connectivity index (χ0) is 12.5. The van der Waals surface area contributed by atoms with Crippen molar-refractivity contribution in [3.05, 3.63) is 29.8 Å². The van der Waals surface area contributed by atoms with Gasteiger partial charge in [0.05, 0.1) is 18.1 Å². The van der Waals surface area contributed by atoms with Crippen molar-refractivity contribution in [1.29, 1.82) is 0 Å². The van der Waals surface area contributed by atoms with Crippen LogP contribution in [0.2, 0.25) is 0 Å². The molecule has 92 valence electrons. The van der Waals surface area contributed by atoms with Crippen molar-refractivity contribution < 1.29 is 4.74 Å². The Labute approximate surface area is 109 Å². The van der Waals surface area contributed by atoms with Crippen LogP contribution >= 0.6 is 11.6 Å². The summed E-state index contributed by atoms with van der Waals surface area (Å²) in [4.78, 5) is 2.14. The Bertz CT molecular complexity index is 393. The molecule has 0 N–H and O–H groups in total. The molecule has 0 aliphatic rings.